The molecule has 0 heterocycles. The predicted octanol–water partition coefficient (Wildman–Crippen LogP) is 3.85. The van der Waals surface area contributed by atoms with Crippen LogP contribution in [0.15, 0.2) is 42.5 Å². The lowest BCUT2D eigenvalue weighted by Crippen LogP contribution is -2.32. The summed E-state index contributed by atoms with van der Waals surface area (Å²) < 4.78 is 23.9. The minimum Gasteiger partial charge on any atom is -0.493 e. The Labute approximate surface area is 144 Å². The van der Waals surface area contributed by atoms with Crippen molar-refractivity contribution in [2.24, 2.45) is 0 Å². The summed E-state index contributed by atoms with van der Waals surface area (Å²) in [6, 6.07) is 11.7. The Morgan fingerprint density at radius 2 is 1.96 bits per heavy atom. The minimum atomic E-state index is -0.471. The molecule has 0 aromatic heterocycles. The molecule has 2 aromatic carbocycles. The molecule has 0 aliphatic heterocycles. The van der Waals surface area contributed by atoms with Crippen LogP contribution in [0, 0.1) is 5.82 Å². The largest absolute Gasteiger partial charge is 0.493 e. The van der Waals surface area contributed by atoms with Gasteiger partial charge in [0.05, 0.1) is 18.7 Å². The van der Waals surface area contributed by atoms with Crippen molar-refractivity contribution in [1.82, 2.24) is 5.32 Å². The maximum absolute atomic E-state index is 13.1. The van der Waals surface area contributed by atoms with E-state index in [9.17, 15) is 4.39 Å². The molecule has 122 valence electrons. The third-order valence-electron chi connectivity index (χ3n) is 2.89. The second-order valence-corrected chi connectivity index (χ2v) is 5.32. The molecular formula is C16H16ClFN2O2S. The lowest BCUT2D eigenvalue weighted by Gasteiger charge is -2.13. The normalized spacial score (nSPS) is 10.0. The van der Waals surface area contributed by atoms with Crippen molar-refractivity contribution in [3.63, 3.8) is 0 Å². The Balaban J connectivity index is 1.75. The first-order valence-electron chi connectivity index (χ1n) is 6.86. The van der Waals surface area contributed by atoms with E-state index >= 15 is 0 Å². The number of rotatable bonds is 6. The van der Waals surface area contributed by atoms with Crippen LogP contribution in [-0.4, -0.2) is 25.4 Å². The van der Waals surface area contributed by atoms with Crippen LogP contribution >= 0.6 is 23.8 Å². The quantitative estimate of drug-likeness (QED) is 0.609. The lowest BCUT2D eigenvalue weighted by atomic mass is 10.3. The number of methoxy groups -OCH3 is 1. The van der Waals surface area contributed by atoms with Crippen LogP contribution < -0.4 is 20.1 Å². The third-order valence-corrected chi connectivity index (χ3v) is 3.43. The van der Waals surface area contributed by atoms with E-state index in [1.165, 1.54) is 12.1 Å². The Kier molecular flexibility index (Phi) is 6.43. The zero-order valence-electron chi connectivity index (χ0n) is 12.4. The molecule has 23 heavy (non-hydrogen) atoms. The molecule has 0 aliphatic carbocycles. The van der Waals surface area contributed by atoms with Gasteiger partial charge < -0.3 is 20.1 Å². The first-order valence-corrected chi connectivity index (χ1v) is 7.64. The van der Waals surface area contributed by atoms with E-state index in [1.54, 1.807) is 13.2 Å². The monoisotopic (exact) mass is 354 g/mol. The van der Waals surface area contributed by atoms with Crippen LogP contribution in [-0.2, 0) is 0 Å². The summed E-state index contributed by atoms with van der Waals surface area (Å²) in [5.41, 5.74) is 0.611. The standard InChI is InChI=1S/C16H16ClFN2O2S/c1-21-14-4-2-3-5-15(14)22-9-8-19-16(23)20-11-6-7-13(18)12(17)10-11/h2-7,10H,8-9H2,1H3,(H2,19,20,23). The number of anilines is 1. The molecule has 4 nitrogen and oxygen atoms in total. The molecule has 2 N–H and O–H groups in total. The molecule has 2 rings (SSSR count). The summed E-state index contributed by atoms with van der Waals surface area (Å²) in [6.45, 7) is 0.908. The molecule has 0 saturated heterocycles. The van der Waals surface area contributed by atoms with Gasteiger partial charge in [-0.3, -0.25) is 0 Å². The molecule has 0 atom stereocenters. The maximum atomic E-state index is 13.1. The highest BCUT2D eigenvalue weighted by atomic mass is 35.5. The number of para-hydroxylation sites is 2. The molecule has 0 radical (unpaired) electrons. The molecule has 0 unspecified atom stereocenters. The van der Waals surface area contributed by atoms with Gasteiger partial charge in [0, 0.05) is 5.69 Å². The van der Waals surface area contributed by atoms with Gasteiger partial charge in [-0.1, -0.05) is 23.7 Å². The van der Waals surface area contributed by atoms with Gasteiger partial charge in [-0.15, -0.1) is 0 Å². The topological polar surface area (TPSA) is 42.5 Å². The Morgan fingerprint density at radius 3 is 2.65 bits per heavy atom. The van der Waals surface area contributed by atoms with Crippen molar-refractivity contribution < 1.29 is 13.9 Å². The molecular weight excluding hydrogens is 339 g/mol. The van der Waals surface area contributed by atoms with Gasteiger partial charge in [0.2, 0.25) is 0 Å². The summed E-state index contributed by atoms with van der Waals surface area (Å²) in [6.07, 6.45) is 0. The molecule has 0 spiro atoms. The molecule has 0 aliphatic rings. The van der Waals surface area contributed by atoms with E-state index in [-0.39, 0.29) is 5.02 Å². The highest BCUT2D eigenvalue weighted by molar-refractivity contribution is 7.80. The Morgan fingerprint density at radius 1 is 1.22 bits per heavy atom. The fourth-order valence-corrected chi connectivity index (χ4v) is 2.21. The van der Waals surface area contributed by atoms with Gasteiger partial charge in [-0.25, -0.2) is 4.39 Å². The fourth-order valence-electron chi connectivity index (χ4n) is 1.81. The molecule has 0 saturated carbocycles. The van der Waals surface area contributed by atoms with Crippen LogP contribution in [0.4, 0.5) is 10.1 Å². The van der Waals surface area contributed by atoms with E-state index in [4.69, 9.17) is 33.3 Å². The summed E-state index contributed by atoms with van der Waals surface area (Å²) in [5.74, 6) is 0.872. The van der Waals surface area contributed by atoms with Gasteiger partial charge in [0.1, 0.15) is 12.4 Å². The first kappa shape index (κ1) is 17.3. The van der Waals surface area contributed by atoms with E-state index in [0.29, 0.717) is 35.5 Å². The number of halogens is 2. The molecule has 7 heteroatoms. The highest BCUT2D eigenvalue weighted by Crippen LogP contribution is 2.25. The second-order valence-electron chi connectivity index (χ2n) is 4.51. The molecule has 2 aromatic rings. The van der Waals surface area contributed by atoms with E-state index in [0.717, 1.165) is 0 Å². The number of hydrogen-bond donors (Lipinski definition) is 2. The Hall–Kier alpha value is -2.05. The van der Waals surface area contributed by atoms with Gasteiger partial charge in [0.15, 0.2) is 16.6 Å². The van der Waals surface area contributed by atoms with Crippen LogP contribution in [0.5, 0.6) is 11.5 Å². The second kappa shape index (κ2) is 8.55. The zero-order valence-corrected chi connectivity index (χ0v) is 14.0. The summed E-state index contributed by atoms with van der Waals surface area (Å²) >= 11 is 10.9. The van der Waals surface area contributed by atoms with E-state index in [2.05, 4.69) is 10.6 Å². The molecule has 0 amide bonds. The zero-order chi connectivity index (χ0) is 16.7. The smallest absolute Gasteiger partial charge is 0.170 e. The van der Waals surface area contributed by atoms with Crippen LogP contribution in [0.1, 0.15) is 0 Å². The summed E-state index contributed by atoms with van der Waals surface area (Å²) in [5, 5.41) is 6.35. The highest BCUT2D eigenvalue weighted by Gasteiger charge is 2.04. The van der Waals surface area contributed by atoms with Gasteiger partial charge >= 0.3 is 0 Å². The van der Waals surface area contributed by atoms with Gasteiger partial charge in [-0.2, -0.15) is 0 Å². The number of hydrogen-bond acceptors (Lipinski definition) is 3. The SMILES string of the molecule is COc1ccccc1OCCNC(=S)Nc1ccc(F)c(Cl)c1. The van der Waals surface area contributed by atoms with E-state index < -0.39 is 5.82 Å². The van der Waals surface area contributed by atoms with Crippen molar-refractivity contribution >= 4 is 34.6 Å². The Bertz CT molecular complexity index is 685. The van der Waals surface area contributed by atoms with Crippen molar-refractivity contribution in [2.45, 2.75) is 0 Å². The van der Waals surface area contributed by atoms with Crippen LogP contribution in [0.25, 0.3) is 0 Å². The van der Waals surface area contributed by atoms with Crippen molar-refractivity contribution in [2.75, 3.05) is 25.6 Å². The number of thiocarbonyl (C=S) groups is 1. The van der Waals surface area contributed by atoms with Gasteiger partial charge in [0.25, 0.3) is 0 Å². The fraction of sp³-hybridized carbons (Fsp3) is 0.188. The van der Waals surface area contributed by atoms with Gasteiger partial charge in [-0.05, 0) is 42.5 Å². The average molecular weight is 355 g/mol. The minimum absolute atomic E-state index is 0.0392. The van der Waals surface area contributed by atoms with Crippen molar-refractivity contribution in [1.29, 1.82) is 0 Å². The lowest BCUT2D eigenvalue weighted by molar-refractivity contribution is 0.298. The summed E-state index contributed by atoms with van der Waals surface area (Å²) in [4.78, 5) is 0. The average Bonchev–Trinajstić information content (AvgIpc) is 2.55. The van der Waals surface area contributed by atoms with Crippen LogP contribution in [0.3, 0.4) is 0 Å². The number of ether oxygens (including phenoxy) is 2. The maximum Gasteiger partial charge on any atom is 0.170 e. The van der Waals surface area contributed by atoms with Crippen molar-refractivity contribution in [3.05, 3.63) is 53.3 Å². The molecule has 0 fully saturated rings. The van der Waals surface area contributed by atoms with Crippen LogP contribution in [0.2, 0.25) is 5.02 Å². The van der Waals surface area contributed by atoms with E-state index in [1.807, 2.05) is 24.3 Å². The first-order chi connectivity index (χ1) is 11.1. The molecule has 0 bridgehead atoms. The number of benzene rings is 2. The third kappa shape index (κ3) is 5.26. The van der Waals surface area contributed by atoms with Crippen molar-refractivity contribution in [3.8, 4) is 11.5 Å². The predicted molar refractivity (Wildman–Crippen MR) is 94.1 cm³/mol. The summed E-state index contributed by atoms with van der Waals surface area (Å²) in [7, 11) is 1.59. The number of nitrogens with one attached hydrogen (secondary N) is 2.